The van der Waals surface area contributed by atoms with Crippen molar-refractivity contribution in [2.24, 2.45) is 5.92 Å². The summed E-state index contributed by atoms with van der Waals surface area (Å²) in [5.74, 6) is -1.29. The van der Waals surface area contributed by atoms with E-state index in [1.54, 1.807) is 6.92 Å². The lowest BCUT2D eigenvalue weighted by atomic mass is 9.82. The van der Waals surface area contributed by atoms with Crippen LogP contribution in [0.1, 0.15) is 40.0 Å². The smallest absolute Gasteiger partial charge is 0.334 e. The van der Waals surface area contributed by atoms with E-state index in [4.69, 9.17) is 14.2 Å². The van der Waals surface area contributed by atoms with Crippen LogP contribution in [0.15, 0.2) is 36.0 Å². The Morgan fingerprint density at radius 1 is 1.46 bits per heavy atom. The van der Waals surface area contributed by atoms with E-state index in [-0.39, 0.29) is 11.7 Å². The Kier molecular flexibility index (Phi) is 4.16. The second-order valence-corrected chi connectivity index (χ2v) is 7.29. The van der Waals surface area contributed by atoms with Gasteiger partial charge < -0.3 is 14.2 Å². The van der Waals surface area contributed by atoms with Crippen molar-refractivity contribution in [2.45, 2.75) is 63.9 Å². The number of hydrogen-bond acceptors (Lipinski definition) is 5. The summed E-state index contributed by atoms with van der Waals surface area (Å²) in [6, 6.07) is 0. The summed E-state index contributed by atoms with van der Waals surface area (Å²) in [6.45, 7) is 13.2. The number of esters is 2. The fourth-order valence-electron chi connectivity index (χ4n) is 3.65. The van der Waals surface area contributed by atoms with Gasteiger partial charge in [0, 0.05) is 17.6 Å². The van der Waals surface area contributed by atoms with Crippen molar-refractivity contribution in [3.63, 3.8) is 0 Å². The van der Waals surface area contributed by atoms with E-state index in [2.05, 4.69) is 19.2 Å². The van der Waals surface area contributed by atoms with Crippen LogP contribution in [0.5, 0.6) is 0 Å². The third-order valence-electron chi connectivity index (χ3n) is 5.16. The third-order valence-corrected chi connectivity index (χ3v) is 5.16. The topological polar surface area (TPSA) is 65.1 Å². The van der Waals surface area contributed by atoms with E-state index in [0.29, 0.717) is 17.6 Å². The molecule has 2 fully saturated rings. The number of fused-ring (bicyclic) bond motifs is 3. The number of carbonyl (C=O) groups is 2. The van der Waals surface area contributed by atoms with Gasteiger partial charge in [-0.2, -0.15) is 0 Å². The quantitative estimate of drug-likeness (QED) is 0.337. The maximum atomic E-state index is 12.1. The molecule has 0 amide bonds. The van der Waals surface area contributed by atoms with Gasteiger partial charge in [0.05, 0.1) is 11.5 Å². The van der Waals surface area contributed by atoms with Crippen molar-refractivity contribution in [2.75, 3.05) is 0 Å². The van der Waals surface area contributed by atoms with Gasteiger partial charge >= 0.3 is 11.9 Å². The first-order valence-electron chi connectivity index (χ1n) is 8.32. The molecule has 5 atom stereocenters. The zero-order valence-electron chi connectivity index (χ0n) is 14.5. The van der Waals surface area contributed by atoms with Gasteiger partial charge in [-0.1, -0.05) is 24.8 Å². The lowest BCUT2D eigenvalue weighted by Gasteiger charge is -2.28. The van der Waals surface area contributed by atoms with E-state index in [9.17, 15) is 9.59 Å². The van der Waals surface area contributed by atoms with Gasteiger partial charge in [-0.05, 0) is 33.6 Å². The van der Waals surface area contributed by atoms with Crippen LogP contribution in [0.4, 0.5) is 0 Å². The van der Waals surface area contributed by atoms with Crippen molar-refractivity contribution in [3.05, 3.63) is 36.0 Å². The summed E-state index contributed by atoms with van der Waals surface area (Å²) in [7, 11) is 0. The first-order valence-corrected chi connectivity index (χ1v) is 8.32. The molecule has 3 rings (SSSR count). The summed E-state index contributed by atoms with van der Waals surface area (Å²) >= 11 is 0. The molecule has 5 unspecified atom stereocenters. The molecule has 1 aliphatic carbocycles. The predicted molar refractivity (Wildman–Crippen MR) is 88.1 cm³/mol. The van der Waals surface area contributed by atoms with E-state index >= 15 is 0 Å². The van der Waals surface area contributed by atoms with Gasteiger partial charge in [0.2, 0.25) is 0 Å². The van der Waals surface area contributed by atoms with Crippen LogP contribution in [0.2, 0.25) is 0 Å². The first kappa shape index (κ1) is 17.0. The van der Waals surface area contributed by atoms with Gasteiger partial charge in [0.25, 0.3) is 0 Å². The SMILES string of the molecule is C=C(C)C(=O)OC1CC(C)=CCCC2(C)OC2C2OC(=O)C(=C)C12. The summed E-state index contributed by atoms with van der Waals surface area (Å²) < 4.78 is 17.1. The van der Waals surface area contributed by atoms with Crippen LogP contribution in [0, 0.1) is 5.92 Å². The van der Waals surface area contributed by atoms with Crippen molar-refractivity contribution in [3.8, 4) is 0 Å². The average molecular weight is 332 g/mol. The summed E-state index contributed by atoms with van der Waals surface area (Å²) in [5.41, 5.74) is 1.49. The molecule has 130 valence electrons. The fourth-order valence-corrected chi connectivity index (χ4v) is 3.65. The molecule has 0 radical (unpaired) electrons. The van der Waals surface area contributed by atoms with Crippen LogP contribution in [-0.2, 0) is 23.8 Å². The second kappa shape index (κ2) is 5.88. The van der Waals surface area contributed by atoms with E-state index in [0.717, 1.165) is 18.4 Å². The van der Waals surface area contributed by atoms with Gasteiger partial charge in [-0.25, -0.2) is 9.59 Å². The molecule has 0 N–H and O–H groups in total. The van der Waals surface area contributed by atoms with E-state index < -0.39 is 30.1 Å². The highest BCUT2D eigenvalue weighted by molar-refractivity contribution is 5.91. The summed E-state index contributed by atoms with van der Waals surface area (Å²) in [5, 5.41) is 0. The molecular formula is C19H24O5. The van der Waals surface area contributed by atoms with Crippen molar-refractivity contribution < 1.29 is 23.8 Å². The molecule has 5 nitrogen and oxygen atoms in total. The second-order valence-electron chi connectivity index (χ2n) is 7.29. The van der Waals surface area contributed by atoms with E-state index in [1.807, 2.05) is 13.8 Å². The molecular weight excluding hydrogens is 308 g/mol. The van der Waals surface area contributed by atoms with Crippen molar-refractivity contribution in [1.82, 2.24) is 0 Å². The Balaban J connectivity index is 1.95. The number of carbonyl (C=O) groups excluding carboxylic acids is 2. The Bertz CT molecular complexity index is 646. The summed E-state index contributed by atoms with van der Waals surface area (Å²) in [4.78, 5) is 24.2. The van der Waals surface area contributed by atoms with Gasteiger partial charge in [-0.3, -0.25) is 0 Å². The minimum absolute atomic E-state index is 0.177. The third kappa shape index (κ3) is 2.93. The molecule has 3 aliphatic rings. The fraction of sp³-hybridized carbons (Fsp3) is 0.579. The van der Waals surface area contributed by atoms with Gasteiger partial charge in [0.1, 0.15) is 18.3 Å². The monoisotopic (exact) mass is 332 g/mol. The van der Waals surface area contributed by atoms with Crippen molar-refractivity contribution >= 4 is 11.9 Å². The van der Waals surface area contributed by atoms with Crippen molar-refractivity contribution in [1.29, 1.82) is 0 Å². The maximum Gasteiger partial charge on any atom is 0.334 e. The van der Waals surface area contributed by atoms with Gasteiger partial charge in [0.15, 0.2) is 0 Å². The lowest BCUT2D eigenvalue weighted by molar-refractivity contribution is -0.148. The zero-order chi connectivity index (χ0) is 17.6. The minimum Gasteiger partial charge on any atom is -0.458 e. The van der Waals surface area contributed by atoms with Crippen LogP contribution >= 0.6 is 0 Å². The lowest BCUT2D eigenvalue weighted by Crippen LogP contribution is -2.38. The number of hydrogen-bond donors (Lipinski definition) is 0. The van der Waals surface area contributed by atoms with Crippen LogP contribution < -0.4 is 0 Å². The minimum atomic E-state index is -0.513. The molecule has 2 saturated heterocycles. The largest absolute Gasteiger partial charge is 0.458 e. The number of allylic oxidation sites excluding steroid dienone is 1. The predicted octanol–water partition coefficient (Wildman–Crippen LogP) is 2.86. The number of rotatable bonds is 2. The number of epoxide rings is 1. The molecule has 0 saturated carbocycles. The highest BCUT2D eigenvalue weighted by Gasteiger charge is 2.63. The molecule has 0 aromatic rings. The highest BCUT2D eigenvalue weighted by Crippen LogP contribution is 2.50. The van der Waals surface area contributed by atoms with Gasteiger partial charge in [-0.15, -0.1) is 0 Å². The highest BCUT2D eigenvalue weighted by atomic mass is 16.6. The Labute approximate surface area is 142 Å². The van der Waals surface area contributed by atoms with Crippen LogP contribution in [0.3, 0.4) is 0 Å². The molecule has 0 spiro atoms. The molecule has 2 heterocycles. The Morgan fingerprint density at radius 2 is 2.17 bits per heavy atom. The normalized spacial score (nSPS) is 38.4. The molecule has 24 heavy (non-hydrogen) atoms. The standard InChI is InChI=1S/C19H24O5/c1-10(2)17(20)22-13-9-11(3)7-6-8-19(5)16(24-19)15-14(13)12(4)18(21)23-15/h7,13-16H,1,4,6,8-9H2,2-3,5H3. The first-order chi connectivity index (χ1) is 11.2. The molecule has 5 heteroatoms. The molecule has 0 aromatic carbocycles. The molecule has 0 aromatic heterocycles. The van der Waals surface area contributed by atoms with Crippen LogP contribution in [0.25, 0.3) is 0 Å². The van der Waals surface area contributed by atoms with E-state index in [1.165, 1.54) is 0 Å². The zero-order valence-corrected chi connectivity index (χ0v) is 14.5. The maximum absolute atomic E-state index is 12.1. The Hall–Kier alpha value is -1.88. The molecule has 2 aliphatic heterocycles. The summed E-state index contributed by atoms with van der Waals surface area (Å²) in [6.07, 6.45) is 3.30. The molecule has 0 bridgehead atoms. The number of ether oxygens (including phenoxy) is 3. The average Bonchev–Trinajstić information content (AvgIpc) is 3.07. The Morgan fingerprint density at radius 3 is 2.83 bits per heavy atom. The van der Waals surface area contributed by atoms with Crippen LogP contribution in [-0.4, -0.2) is 35.9 Å².